The van der Waals surface area contributed by atoms with Crippen LogP contribution in [0.1, 0.15) is 24.2 Å². The van der Waals surface area contributed by atoms with Crippen molar-refractivity contribution in [2.75, 3.05) is 12.4 Å². The van der Waals surface area contributed by atoms with Gasteiger partial charge in [-0.25, -0.2) is 19.9 Å². The second kappa shape index (κ2) is 10.3. The largest absolute Gasteiger partial charge is 0.467 e. The molecule has 1 unspecified atom stereocenters. The highest BCUT2D eigenvalue weighted by atomic mass is 16.5. The Morgan fingerprint density at radius 1 is 0.950 bits per heavy atom. The first-order valence-corrected chi connectivity index (χ1v) is 12.6. The van der Waals surface area contributed by atoms with Crippen LogP contribution in [0, 0.1) is 11.3 Å². The first-order valence-electron chi connectivity index (χ1n) is 12.6. The molecule has 194 valence electrons. The summed E-state index contributed by atoms with van der Waals surface area (Å²) in [6, 6.07) is 24.6. The van der Waals surface area contributed by atoms with Crippen LogP contribution in [-0.2, 0) is 0 Å². The molecule has 9 nitrogen and oxygen atoms in total. The van der Waals surface area contributed by atoms with Crippen molar-refractivity contribution in [3.8, 4) is 28.9 Å². The van der Waals surface area contributed by atoms with E-state index in [4.69, 9.17) is 4.74 Å². The molecule has 40 heavy (non-hydrogen) atoms. The average molecular weight is 526 g/mol. The predicted molar refractivity (Wildman–Crippen MR) is 153 cm³/mol. The third-order valence-electron chi connectivity index (χ3n) is 6.77. The second-order valence-electron chi connectivity index (χ2n) is 9.21. The fourth-order valence-electron chi connectivity index (χ4n) is 4.87. The number of para-hydroxylation sites is 1. The summed E-state index contributed by atoms with van der Waals surface area (Å²) in [7, 11) is 1.51. The number of ether oxygens (including phenoxy) is 1. The number of hydrogen-bond donors (Lipinski definition) is 1. The summed E-state index contributed by atoms with van der Waals surface area (Å²) < 4.78 is 6.82. The Labute approximate surface area is 229 Å². The van der Waals surface area contributed by atoms with E-state index in [-0.39, 0.29) is 17.6 Å². The van der Waals surface area contributed by atoms with Crippen molar-refractivity contribution >= 4 is 27.5 Å². The van der Waals surface area contributed by atoms with Gasteiger partial charge in [0.15, 0.2) is 0 Å². The Morgan fingerprint density at radius 3 is 2.50 bits per heavy atom. The summed E-state index contributed by atoms with van der Waals surface area (Å²) >= 11 is 0. The molecule has 0 aliphatic heterocycles. The summed E-state index contributed by atoms with van der Waals surface area (Å²) in [5.74, 6) is 0.575. The number of nitrogens with zero attached hydrogens (tertiary/aromatic N) is 6. The third-order valence-corrected chi connectivity index (χ3v) is 6.77. The molecule has 0 fully saturated rings. The van der Waals surface area contributed by atoms with Gasteiger partial charge in [-0.3, -0.25) is 9.36 Å². The molecule has 6 aromatic rings. The summed E-state index contributed by atoms with van der Waals surface area (Å²) in [4.78, 5) is 31.6. The number of rotatable bonds is 6. The highest BCUT2D eigenvalue weighted by molar-refractivity contribution is 5.96. The lowest BCUT2D eigenvalue weighted by atomic mass is 9.99. The number of pyridine rings is 1. The van der Waals surface area contributed by atoms with Crippen molar-refractivity contribution < 1.29 is 4.74 Å². The van der Waals surface area contributed by atoms with E-state index in [1.165, 1.54) is 13.4 Å². The van der Waals surface area contributed by atoms with Gasteiger partial charge in [0.1, 0.15) is 12.1 Å². The van der Waals surface area contributed by atoms with Gasteiger partial charge in [0.25, 0.3) is 5.56 Å². The monoisotopic (exact) mass is 525 g/mol. The molecule has 6 rings (SSSR count). The quantitative estimate of drug-likeness (QED) is 0.305. The molecule has 1 N–H and O–H groups in total. The molecular formula is C31H23N7O2. The fourth-order valence-corrected chi connectivity index (χ4v) is 4.87. The number of aromatic nitrogens is 5. The Balaban J connectivity index is 1.54. The van der Waals surface area contributed by atoms with Crippen molar-refractivity contribution in [1.82, 2.24) is 24.5 Å². The maximum Gasteiger partial charge on any atom is 0.316 e. The van der Waals surface area contributed by atoms with Gasteiger partial charge < -0.3 is 10.1 Å². The summed E-state index contributed by atoms with van der Waals surface area (Å²) in [6.07, 6.45) is 4.79. The molecule has 3 heterocycles. The van der Waals surface area contributed by atoms with Gasteiger partial charge in [0.05, 0.1) is 35.7 Å². The molecule has 9 heteroatoms. The van der Waals surface area contributed by atoms with Crippen LogP contribution in [0.25, 0.3) is 38.5 Å². The zero-order valence-electron chi connectivity index (χ0n) is 21.7. The van der Waals surface area contributed by atoms with Crippen LogP contribution in [0.4, 0.5) is 5.82 Å². The van der Waals surface area contributed by atoms with E-state index in [0.717, 1.165) is 27.7 Å². The second-order valence-corrected chi connectivity index (χ2v) is 9.21. The van der Waals surface area contributed by atoms with Gasteiger partial charge in [0, 0.05) is 34.7 Å². The summed E-state index contributed by atoms with van der Waals surface area (Å²) in [5, 5.41) is 14.9. The molecule has 0 spiro atoms. The standard InChI is InChI=1S/C31H23N7O2/c1-19(37-29-25-13-20(15-32)11-12-26(25)35-18-36-29)27-14-21-7-6-10-24(22-16-33-31(40-2)34-17-22)28(21)30(39)38(27)23-8-4-3-5-9-23/h3-14,16-19H,1-2H3,(H,35,36,37). The predicted octanol–water partition coefficient (Wildman–Crippen LogP) is 5.44. The average Bonchev–Trinajstić information content (AvgIpc) is 3.01. The van der Waals surface area contributed by atoms with Crippen LogP contribution in [0.15, 0.2) is 96.3 Å². The highest BCUT2D eigenvalue weighted by Gasteiger charge is 2.20. The van der Waals surface area contributed by atoms with Crippen LogP contribution in [-0.4, -0.2) is 31.6 Å². The molecule has 3 aromatic carbocycles. The van der Waals surface area contributed by atoms with Gasteiger partial charge >= 0.3 is 6.01 Å². The van der Waals surface area contributed by atoms with Gasteiger partial charge in [-0.05, 0) is 54.3 Å². The molecule has 3 aromatic heterocycles. The Kier molecular flexibility index (Phi) is 6.34. The van der Waals surface area contributed by atoms with E-state index < -0.39 is 0 Å². The maximum atomic E-state index is 14.3. The Morgan fingerprint density at radius 2 is 1.75 bits per heavy atom. The van der Waals surface area contributed by atoms with E-state index in [2.05, 4.69) is 31.3 Å². The Hall–Kier alpha value is -5.62. The van der Waals surface area contributed by atoms with Crippen molar-refractivity contribution in [2.45, 2.75) is 13.0 Å². The SMILES string of the molecule is COc1ncc(-c2cccc3cc(C(C)Nc4ncnc5ccc(C#N)cc45)n(-c4ccccc4)c(=O)c23)cn1. The van der Waals surface area contributed by atoms with Crippen molar-refractivity contribution in [1.29, 1.82) is 5.26 Å². The maximum absolute atomic E-state index is 14.3. The van der Waals surface area contributed by atoms with Crippen molar-refractivity contribution in [3.63, 3.8) is 0 Å². The number of fused-ring (bicyclic) bond motifs is 2. The van der Waals surface area contributed by atoms with Gasteiger partial charge in [-0.1, -0.05) is 36.4 Å². The number of nitriles is 1. The lowest BCUT2D eigenvalue weighted by Gasteiger charge is -2.22. The molecular weight excluding hydrogens is 502 g/mol. The van der Waals surface area contributed by atoms with E-state index in [1.807, 2.05) is 61.5 Å². The molecule has 0 aliphatic carbocycles. The zero-order valence-corrected chi connectivity index (χ0v) is 21.7. The topological polar surface area (TPSA) is 119 Å². The zero-order chi connectivity index (χ0) is 27.6. The lowest BCUT2D eigenvalue weighted by molar-refractivity contribution is 0.380. The number of benzene rings is 3. The minimum atomic E-state index is -0.339. The Bertz CT molecular complexity index is 1960. The van der Waals surface area contributed by atoms with Gasteiger partial charge in [-0.2, -0.15) is 5.26 Å². The number of nitrogens with one attached hydrogen (secondary N) is 1. The highest BCUT2D eigenvalue weighted by Crippen LogP contribution is 2.31. The first-order chi connectivity index (χ1) is 19.6. The lowest BCUT2D eigenvalue weighted by Crippen LogP contribution is -2.26. The van der Waals surface area contributed by atoms with Gasteiger partial charge in [0.2, 0.25) is 0 Å². The smallest absolute Gasteiger partial charge is 0.316 e. The normalized spacial score (nSPS) is 11.7. The molecule has 0 radical (unpaired) electrons. The van der Waals surface area contributed by atoms with E-state index in [9.17, 15) is 10.1 Å². The molecule has 0 amide bonds. The molecule has 1 atom stereocenters. The first kappa shape index (κ1) is 24.7. The minimum absolute atomic E-state index is 0.168. The molecule has 0 aliphatic rings. The van der Waals surface area contributed by atoms with Crippen LogP contribution in [0.2, 0.25) is 0 Å². The van der Waals surface area contributed by atoms with Crippen LogP contribution >= 0.6 is 0 Å². The van der Waals surface area contributed by atoms with E-state index in [0.29, 0.717) is 27.8 Å². The van der Waals surface area contributed by atoms with E-state index >= 15 is 0 Å². The van der Waals surface area contributed by atoms with Crippen molar-refractivity contribution in [2.24, 2.45) is 0 Å². The summed E-state index contributed by atoms with van der Waals surface area (Å²) in [5.41, 5.74) is 3.98. The number of methoxy groups -OCH3 is 1. The number of hydrogen-bond acceptors (Lipinski definition) is 8. The van der Waals surface area contributed by atoms with Crippen LogP contribution in [0.3, 0.4) is 0 Å². The van der Waals surface area contributed by atoms with Crippen LogP contribution < -0.4 is 15.6 Å². The number of anilines is 1. The van der Waals surface area contributed by atoms with Crippen molar-refractivity contribution in [3.05, 3.63) is 113 Å². The van der Waals surface area contributed by atoms with E-state index in [1.54, 1.807) is 35.2 Å². The molecule has 0 saturated heterocycles. The molecule has 0 saturated carbocycles. The minimum Gasteiger partial charge on any atom is -0.467 e. The fraction of sp³-hybridized carbons (Fsp3) is 0.0968. The summed E-state index contributed by atoms with van der Waals surface area (Å²) in [6.45, 7) is 1.98. The van der Waals surface area contributed by atoms with Gasteiger partial charge in [-0.15, -0.1) is 0 Å². The molecule has 0 bridgehead atoms. The van der Waals surface area contributed by atoms with Crippen LogP contribution in [0.5, 0.6) is 6.01 Å². The third kappa shape index (κ3) is 4.37.